The van der Waals surface area contributed by atoms with Crippen molar-refractivity contribution in [2.75, 3.05) is 0 Å². The molecule has 7 heteroatoms. The van der Waals surface area contributed by atoms with E-state index in [4.69, 9.17) is 0 Å². The molecule has 0 unspecified atom stereocenters. The number of hydrogen-bond donors (Lipinski definition) is 1. The predicted octanol–water partition coefficient (Wildman–Crippen LogP) is 4.47. The average molecular weight is 318 g/mol. The molecule has 2 nitrogen and oxygen atoms in total. The molecule has 1 aromatic heterocycles. The van der Waals surface area contributed by atoms with Crippen LogP contribution in [0.1, 0.15) is 24.3 Å². The molecule has 1 aromatic carbocycles. The van der Waals surface area contributed by atoms with Crippen LogP contribution in [0.5, 0.6) is 0 Å². The Hall–Kier alpha value is -1.47. The number of thiazole rings is 1. The van der Waals surface area contributed by atoms with E-state index in [9.17, 15) is 17.6 Å². The van der Waals surface area contributed by atoms with Crippen molar-refractivity contribution in [3.8, 4) is 10.6 Å². The van der Waals surface area contributed by atoms with Crippen molar-refractivity contribution >= 4 is 11.3 Å². The molecule has 0 aliphatic heterocycles. The largest absolute Gasteiger partial charge is 0.416 e. The number of aromatic nitrogens is 1. The molecule has 2 aromatic rings. The lowest BCUT2D eigenvalue weighted by Crippen LogP contribution is -2.21. The highest BCUT2D eigenvalue weighted by Crippen LogP contribution is 2.34. The van der Waals surface area contributed by atoms with Crippen LogP contribution < -0.4 is 5.32 Å². The van der Waals surface area contributed by atoms with Gasteiger partial charge in [0.15, 0.2) is 0 Å². The molecule has 0 saturated carbocycles. The van der Waals surface area contributed by atoms with Crippen LogP contribution in [-0.4, -0.2) is 11.0 Å². The van der Waals surface area contributed by atoms with Crippen LogP contribution in [0.2, 0.25) is 0 Å². The standard InChI is InChI=1S/C14H14F4N2S/c1-8(2)19-6-10-7-20-13(21-10)11-5-9(14(16,17)18)3-4-12(11)15/h3-5,7-8,19H,6H2,1-2H3. The molecule has 0 bridgehead atoms. The molecule has 0 amide bonds. The van der Waals surface area contributed by atoms with Crippen LogP contribution in [0.4, 0.5) is 17.6 Å². The summed E-state index contributed by atoms with van der Waals surface area (Å²) in [5.41, 5.74) is -0.999. The quantitative estimate of drug-likeness (QED) is 0.842. The third kappa shape index (κ3) is 4.01. The topological polar surface area (TPSA) is 24.9 Å². The number of nitrogens with one attached hydrogen (secondary N) is 1. The molecule has 1 N–H and O–H groups in total. The smallest absolute Gasteiger partial charge is 0.310 e. The van der Waals surface area contributed by atoms with Gasteiger partial charge in [-0.3, -0.25) is 0 Å². The summed E-state index contributed by atoms with van der Waals surface area (Å²) in [6, 6.07) is 2.63. The van der Waals surface area contributed by atoms with Gasteiger partial charge in [-0.25, -0.2) is 9.37 Å². The van der Waals surface area contributed by atoms with E-state index in [0.717, 1.165) is 23.1 Å². The van der Waals surface area contributed by atoms with Gasteiger partial charge in [0.05, 0.1) is 5.56 Å². The van der Waals surface area contributed by atoms with Crippen molar-refractivity contribution < 1.29 is 17.6 Å². The summed E-state index contributed by atoms with van der Waals surface area (Å²) in [4.78, 5) is 4.86. The number of nitrogens with zero attached hydrogens (tertiary/aromatic N) is 1. The number of halogens is 4. The van der Waals surface area contributed by atoms with Crippen molar-refractivity contribution in [2.45, 2.75) is 32.6 Å². The molecule has 114 valence electrons. The first kappa shape index (κ1) is 15.9. The Bertz CT molecular complexity index is 620. The van der Waals surface area contributed by atoms with Gasteiger partial charge in [-0.1, -0.05) is 13.8 Å². The maximum absolute atomic E-state index is 13.8. The van der Waals surface area contributed by atoms with E-state index in [1.807, 2.05) is 13.8 Å². The summed E-state index contributed by atoms with van der Waals surface area (Å²) >= 11 is 1.18. The number of benzene rings is 1. The minimum absolute atomic E-state index is 0.120. The van der Waals surface area contributed by atoms with E-state index >= 15 is 0 Å². The van der Waals surface area contributed by atoms with E-state index in [-0.39, 0.29) is 16.6 Å². The summed E-state index contributed by atoms with van der Waals surface area (Å²) < 4.78 is 51.8. The highest BCUT2D eigenvalue weighted by Gasteiger charge is 2.31. The third-order valence-electron chi connectivity index (χ3n) is 2.76. The number of hydrogen-bond acceptors (Lipinski definition) is 3. The predicted molar refractivity (Wildman–Crippen MR) is 74.5 cm³/mol. The van der Waals surface area contributed by atoms with Crippen molar-refractivity contribution in [1.82, 2.24) is 10.3 Å². The van der Waals surface area contributed by atoms with Crippen molar-refractivity contribution in [3.63, 3.8) is 0 Å². The van der Waals surface area contributed by atoms with Crippen molar-refractivity contribution in [3.05, 3.63) is 40.7 Å². The zero-order chi connectivity index (χ0) is 15.6. The fourth-order valence-corrected chi connectivity index (χ4v) is 2.57. The Morgan fingerprint density at radius 1 is 1.29 bits per heavy atom. The van der Waals surface area contributed by atoms with Crippen LogP contribution in [0.15, 0.2) is 24.4 Å². The zero-order valence-electron chi connectivity index (χ0n) is 11.5. The van der Waals surface area contributed by atoms with Crippen LogP contribution >= 0.6 is 11.3 Å². The fourth-order valence-electron chi connectivity index (χ4n) is 1.68. The van der Waals surface area contributed by atoms with Crippen LogP contribution in [0.25, 0.3) is 10.6 Å². The summed E-state index contributed by atoms with van der Waals surface area (Å²) in [7, 11) is 0. The molecule has 0 saturated heterocycles. The van der Waals surface area contributed by atoms with Gasteiger partial charge in [0, 0.05) is 29.2 Å². The summed E-state index contributed by atoms with van der Waals surface area (Å²) in [6.45, 7) is 4.51. The Morgan fingerprint density at radius 2 is 2.00 bits per heavy atom. The molecule has 0 atom stereocenters. The first-order valence-corrected chi connectivity index (χ1v) is 7.14. The molecular formula is C14H14F4N2S. The summed E-state index contributed by atoms with van der Waals surface area (Å²) in [5.74, 6) is -0.708. The third-order valence-corrected chi connectivity index (χ3v) is 3.79. The fraction of sp³-hybridized carbons (Fsp3) is 0.357. The second-order valence-electron chi connectivity index (χ2n) is 4.86. The lowest BCUT2D eigenvalue weighted by molar-refractivity contribution is -0.137. The van der Waals surface area contributed by atoms with Gasteiger partial charge in [-0.05, 0) is 18.2 Å². The molecule has 0 aliphatic rings. The van der Waals surface area contributed by atoms with Crippen LogP contribution in [-0.2, 0) is 12.7 Å². The number of rotatable bonds is 4. The Kier molecular flexibility index (Phi) is 4.63. The number of alkyl halides is 3. The minimum Gasteiger partial charge on any atom is -0.310 e. The van der Waals surface area contributed by atoms with Crippen molar-refractivity contribution in [1.29, 1.82) is 0 Å². The Morgan fingerprint density at radius 3 is 2.62 bits per heavy atom. The molecule has 2 rings (SSSR count). The minimum atomic E-state index is -4.50. The van der Waals surface area contributed by atoms with Gasteiger partial charge in [0.25, 0.3) is 0 Å². The van der Waals surface area contributed by atoms with E-state index < -0.39 is 17.6 Å². The maximum Gasteiger partial charge on any atom is 0.416 e. The highest BCUT2D eigenvalue weighted by atomic mass is 32.1. The monoisotopic (exact) mass is 318 g/mol. The Labute approximate surface area is 123 Å². The highest BCUT2D eigenvalue weighted by molar-refractivity contribution is 7.15. The molecule has 0 fully saturated rings. The Balaban J connectivity index is 2.29. The van der Waals surface area contributed by atoms with E-state index in [1.165, 1.54) is 11.3 Å². The van der Waals surface area contributed by atoms with Gasteiger partial charge < -0.3 is 5.32 Å². The lowest BCUT2D eigenvalue weighted by atomic mass is 10.1. The SMILES string of the molecule is CC(C)NCc1cnc(-c2cc(C(F)(F)F)ccc2F)s1. The van der Waals surface area contributed by atoms with Gasteiger partial charge in [-0.15, -0.1) is 11.3 Å². The zero-order valence-corrected chi connectivity index (χ0v) is 12.3. The molecule has 0 radical (unpaired) electrons. The molecule has 0 spiro atoms. The van der Waals surface area contributed by atoms with Gasteiger partial charge in [0.1, 0.15) is 10.8 Å². The molecule has 1 heterocycles. The van der Waals surface area contributed by atoms with Crippen LogP contribution in [0, 0.1) is 5.82 Å². The van der Waals surface area contributed by atoms with Gasteiger partial charge in [-0.2, -0.15) is 13.2 Å². The van der Waals surface area contributed by atoms with Crippen LogP contribution in [0.3, 0.4) is 0 Å². The molecule has 0 aliphatic carbocycles. The normalized spacial score (nSPS) is 12.1. The van der Waals surface area contributed by atoms with Gasteiger partial charge in [0.2, 0.25) is 0 Å². The van der Waals surface area contributed by atoms with Gasteiger partial charge >= 0.3 is 6.18 Å². The molecular weight excluding hydrogens is 304 g/mol. The first-order valence-electron chi connectivity index (χ1n) is 6.32. The lowest BCUT2D eigenvalue weighted by Gasteiger charge is -2.08. The first-order chi connectivity index (χ1) is 9.77. The average Bonchev–Trinajstić information content (AvgIpc) is 2.84. The second-order valence-corrected chi connectivity index (χ2v) is 5.97. The maximum atomic E-state index is 13.8. The van der Waals surface area contributed by atoms with E-state index in [0.29, 0.717) is 6.54 Å². The second kappa shape index (κ2) is 6.11. The van der Waals surface area contributed by atoms with E-state index in [2.05, 4.69) is 10.3 Å². The molecule has 21 heavy (non-hydrogen) atoms. The summed E-state index contributed by atoms with van der Waals surface area (Å²) in [6.07, 6.45) is -2.95. The van der Waals surface area contributed by atoms with Crippen molar-refractivity contribution in [2.24, 2.45) is 0 Å². The van der Waals surface area contributed by atoms with E-state index in [1.54, 1.807) is 6.20 Å². The summed E-state index contributed by atoms with van der Waals surface area (Å²) in [5, 5.41) is 3.42.